The van der Waals surface area contributed by atoms with Crippen LogP contribution in [0.2, 0.25) is 0 Å². The summed E-state index contributed by atoms with van der Waals surface area (Å²) in [5.74, 6) is -0.474. The Kier molecular flexibility index (Phi) is 5.71. The van der Waals surface area contributed by atoms with E-state index in [4.69, 9.17) is 10.5 Å². The quantitative estimate of drug-likeness (QED) is 0.658. The number of methoxy groups -OCH3 is 1. The molecule has 0 saturated heterocycles. The third kappa shape index (κ3) is 3.68. The van der Waals surface area contributed by atoms with Crippen LogP contribution in [-0.4, -0.2) is 54.4 Å². The third-order valence-corrected chi connectivity index (χ3v) is 10.2. The Labute approximate surface area is 192 Å². The molecule has 0 radical (unpaired) electrons. The van der Waals surface area contributed by atoms with Crippen LogP contribution in [0.3, 0.4) is 0 Å². The van der Waals surface area contributed by atoms with Crippen molar-refractivity contribution in [3.8, 4) is 5.88 Å². The summed E-state index contributed by atoms with van der Waals surface area (Å²) in [5, 5.41) is -0.554. The molecule has 176 valence electrons. The normalized spacial score (nSPS) is 28.3. The van der Waals surface area contributed by atoms with Gasteiger partial charge in [-0.1, -0.05) is 0 Å². The minimum absolute atomic E-state index is 0.0156. The summed E-state index contributed by atoms with van der Waals surface area (Å²) in [7, 11) is -1.40. The van der Waals surface area contributed by atoms with Gasteiger partial charge in [0.1, 0.15) is 33.3 Å². The van der Waals surface area contributed by atoms with Crippen LogP contribution in [0.1, 0.15) is 55.5 Å². The number of halogens is 1. The lowest BCUT2D eigenvalue weighted by atomic mass is 9.88. The van der Waals surface area contributed by atoms with E-state index in [-0.39, 0.29) is 29.4 Å². The Morgan fingerprint density at radius 1 is 1.27 bits per heavy atom. The molecule has 9 nitrogen and oxygen atoms in total. The third-order valence-electron chi connectivity index (χ3n) is 6.47. The number of ketones is 1. The summed E-state index contributed by atoms with van der Waals surface area (Å²) in [5.41, 5.74) is 5.49. The van der Waals surface area contributed by atoms with E-state index in [1.165, 1.54) is 31.6 Å². The van der Waals surface area contributed by atoms with Crippen molar-refractivity contribution in [3.05, 3.63) is 47.4 Å². The molecular formula is C22H27FN6O3S. The SMILES string of the molecule is COc1cnc(C(=O)Cc2ccc(F)c([C@@]3(C)N=C(N)C(C)(C)[S@]4(=O)=NCCC[C@@H]34)n2)cn1. The molecule has 0 spiro atoms. The van der Waals surface area contributed by atoms with Crippen LogP contribution < -0.4 is 10.5 Å². The lowest BCUT2D eigenvalue weighted by Crippen LogP contribution is -2.60. The number of aromatic nitrogens is 3. The molecule has 33 heavy (non-hydrogen) atoms. The molecule has 0 bridgehead atoms. The van der Waals surface area contributed by atoms with Gasteiger partial charge in [-0.05, 0) is 45.7 Å². The second-order valence-electron chi connectivity index (χ2n) is 8.88. The Morgan fingerprint density at radius 3 is 2.70 bits per heavy atom. The molecule has 2 aromatic heterocycles. The van der Waals surface area contributed by atoms with Gasteiger partial charge in [0.25, 0.3) is 0 Å². The maximum Gasteiger partial charge on any atom is 0.232 e. The molecule has 0 aromatic carbocycles. The molecule has 0 unspecified atom stereocenters. The van der Waals surface area contributed by atoms with Gasteiger partial charge in [0, 0.05) is 12.2 Å². The number of aliphatic imine (C=N–C) groups is 1. The number of pyridine rings is 1. The van der Waals surface area contributed by atoms with E-state index >= 15 is 4.39 Å². The molecule has 4 rings (SSSR count). The van der Waals surface area contributed by atoms with Gasteiger partial charge in [-0.3, -0.25) is 14.8 Å². The highest BCUT2D eigenvalue weighted by Gasteiger charge is 2.56. The molecule has 2 N–H and O–H groups in total. The lowest BCUT2D eigenvalue weighted by Gasteiger charge is -2.47. The highest BCUT2D eigenvalue weighted by molar-refractivity contribution is 7.96. The van der Waals surface area contributed by atoms with Crippen LogP contribution in [0.15, 0.2) is 33.9 Å². The first-order valence-electron chi connectivity index (χ1n) is 10.6. The molecule has 11 heteroatoms. The van der Waals surface area contributed by atoms with Gasteiger partial charge < -0.3 is 10.5 Å². The first-order valence-corrected chi connectivity index (χ1v) is 12.2. The Bertz CT molecular complexity index is 1250. The Hall–Kier alpha value is -2.95. The Balaban J connectivity index is 1.75. The van der Waals surface area contributed by atoms with Gasteiger partial charge in [0.05, 0.1) is 40.9 Å². The number of fused-ring (bicyclic) bond motifs is 1. The molecule has 2 aliphatic rings. The first kappa shape index (κ1) is 23.2. The van der Waals surface area contributed by atoms with E-state index in [9.17, 15) is 9.00 Å². The zero-order chi connectivity index (χ0) is 24.0. The smallest absolute Gasteiger partial charge is 0.232 e. The summed E-state index contributed by atoms with van der Waals surface area (Å²) < 4.78 is 37.7. The number of nitrogens with zero attached hydrogens (tertiary/aromatic N) is 5. The molecule has 0 saturated carbocycles. The number of hydrogen-bond donors (Lipinski definition) is 1. The minimum atomic E-state index is -2.85. The van der Waals surface area contributed by atoms with E-state index in [1.807, 2.05) is 0 Å². The highest BCUT2D eigenvalue weighted by Crippen LogP contribution is 2.46. The maximum absolute atomic E-state index is 15.1. The number of ether oxygens (including phenoxy) is 1. The van der Waals surface area contributed by atoms with Gasteiger partial charge in [-0.15, -0.1) is 0 Å². The maximum atomic E-state index is 15.1. The fourth-order valence-electron chi connectivity index (χ4n) is 4.40. The predicted octanol–water partition coefficient (Wildman–Crippen LogP) is 2.44. The van der Waals surface area contributed by atoms with Crippen molar-refractivity contribution in [2.45, 2.75) is 55.6 Å². The van der Waals surface area contributed by atoms with Crippen molar-refractivity contribution in [2.24, 2.45) is 15.1 Å². The van der Waals surface area contributed by atoms with Crippen molar-refractivity contribution in [3.63, 3.8) is 0 Å². The standard InChI is InChI=1S/C22H27FN6O3S/c1-21(2)20(24)29-22(3,17-6-5-9-27-33(17,21)31)19-14(23)8-7-13(28-19)10-16(30)15-11-26-18(32-4)12-25-15/h7-8,11-12,17H,5-6,9-10H2,1-4H3,(H2,24,29)/t17-,22-,33-/m0/s1. The number of Topliss-reactive ketones (excluding diaryl/α,β-unsaturated/α-hetero) is 1. The number of amidine groups is 1. The molecule has 4 heterocycles. The van der Waals surface area contributed by atoms with E-state index in [1.54, 1.807) is 20.8 Å². The highest BCUT2D eigenvalue weighted by atomic mass is 32.2. The van der Waals surface area contributed by atoms with E-state index in [0.717, 1.165) is 6.42 Å². The number of carbonyl (C=O) groups excluding carboxylic acids is 1. The lowest BCUT2D eigenvalue weighted by molar-refractivity contribution is 0.0986. The molecule has 0 fully saturated rings. The number of carbonyl (C=O) groups is 1. The van der Waals surface area contributed by atoms with Crippen molar-refractivity contribution in [2.75, 3.05) is 13.7 Å². The first-order chi connectivity index (χ1) is 15.5. The Morgan fingerprint density at radius 2 is 2.03 bits per heavy atom. The fourth-order valence-corrected chi connectivity index (χ4v) is 7.64. The van der Waals surface area contributed by atoms with Gasteiger partial charge in [-0.2, -0.15) is 0 Å². The average molecular weight is 475 g/mol. The monoisotopic (exact) mass is 474 g/mol. The molecular weight excluding hydrogens is 447 g/mol. The van der Waals surface area contributed by atoms with Crippen LogP contribution in [0.25, 0.3) is 0 Å². The van der Waals surface area contributed by atoms with Crippen molar-refractivity contribution in [1.82, 2.24) is 15.0 Å². The van der Waals surface area contributed by atoms with Crippen molar-refractivity contribution < 1.29 is 18.1 Å². The van der Waals surface area contributed by atoms with Gasteiger partial charge >= 0.3 is 0 Å². The topological polar surface area (TPSA) is 133 Å². The zero-order valence-corrected chi connectivity index (χ0v) is 19.9. The second kappa shape index (κ2) is 8.12. The summed E-state index contributed by atoms with van der Waals surface area (Å²) in [6, 6.07) is 2.70. The number of nitrogens with two attached hydrogens (primary N) is 1. The van der Waals surface area contributed by atoms with Crippen LogP contribution in [0, 0.1) is 5.82 Å². The van der Waals surface area contributed by atoms with Crippen molar-refractivity contribution in [1.29, 1.82) is 0 Å². The molecule has 0 amide bonds. The summed E-state index contributed by atoms with van der Waals surface area (Å²) in [6.45, 7) is 5.70. The van der Waals surface area contributed by atoms with E-state index < -0.39 is 31.1 Å². The largest absolute Gasteiger partial charge is 0.480 e. The predicted molar refractivity (Wildman–Crippen MR) is 122 cm³/mol. The summed E-state index contributed by atoms with van der Waals surface area (Å²) in [6.07, 6.45) is 3.84. The summed E-state index contributed by atoms with van der Waals surface area (Å²) in [4.78, 5) is 29.9. The van der Waals surface area contributed by atoms with Crippen LogP contribution in [0.5, 0.6) is 5.88 Å². The van der Waals surface area contributed by atoms with Crippen LogP contribution in [0.4, 0.5) is 4.39 Å². The van der Waals surface area contributed by atoms with Crippen LogP contribution in [-0.2, 0) is 21.7 Å². The van der Waals surface area contributed by atoms with E-state index in [0.29, 0.717) is 24.5 Å². The summed E-state index contributed by atoms with van der Waals surface area (Å²) >= 11 is 0. The molecule has 0 aliphatic carbocycles. The molecule has 2 aliphatic heterocycles. The molecule has 2 aromatic rings. The zero-order valence-electron chi connectivity index (χ0n) is 19.0. The average Bonchev–Trinajstić information content (AvgIpc) is 2.79. The van der Waals surface area contributed by atoms with Gasteiger partial charge in [0.2, 0.25) is 5.88 Å². The number of hydrogen-bond acceptors (Lipinski definition) is 9. The number of rotatable bonds is 5. The second-order valence-corrected chi connectivity index (χ2v) is 11.9. The fraction of sp³-hybridized carbons (Fsp3) is 0.500. The van der Waals surface area contributed by atoms with Gasteiger partial charge in [0.15, 0.2) is 5.78 Å². The minimum Gasteiger partial charge on any atom is -0.480 e. The molecule has 3 atom stereocenters. The van der Waals surface area contributed by atoms with Crippen LogP contribution >= 0.6 is 0 Å². The van der Waals surface area contributed by atoms with Crippen molar-refractivity contribution >= 4 is 21.3 Å². The van der Waals surface area contributed by atoms with E-state index in [2.05, 4.69) is 24.3 Å². The van der Waals surface area contributed by atoms with Gasteiger partial charge in [-0.25, -0.2) is 22.9 Å².